The molecule has 34 heavy (non-hydrogen) atoms. The third-order valence-electron chi connectivity index (χ3n) is 5.44. The monoisotopic (exact) mass is 491 g/mol. The molecule has 0 heterocycles. The van der Waals surface area contributed by atoms with E-state index >= 15 is 0 Å². The minimum Gasteiger partial charge on any atom is -0.497 e. The second kappa shape index (κ2) is 11.7. The molecule has 0 unspecified atom stereocenters. The van der Waals surface area contributed by atoms with E-state index in [0.29, 0.717) is 12.2 Å². The number of carbonyl (C=O) groups excluding carboxylic acids is 2. The van der Waals surface area contributed by atoms with Crippen molar-refractivity contribution in [2.24, 2.45) is 0 Å². The highest BCUT2D eigenvalue weighted by atomic mass is 32.2. The maximum atomic E-state index is 13.6. The number of nitrogens with zero attached hydrogens (tertiary/aromatic N) is 2. The molecule has 1 N–H and O–H groups in total. The number of rotatable bonds is 11. The van der Waals surface area contributed by atoms with Crippen LogP contribution in [0.4, 0.5) is 5.69 Å². The second-order valence-electron chi connectivity index (χ2n) is 7.85. The SMILES string of the molecule is CC[C@H](C(=O)NC)N(Cc1ccc(C)cc1)C(=O)CN(c1ccc(OC)cc1OC)S(C)(=O)=O. The van der Waals surface area contributed by atoms with Gasteiger partial charge in [-0.3, -0.25) is 13.9 Å². The molecule has 1 atom stereocenters. The molecule has 0 radical (unpaired) electrons. The Labute approximate surface area is 201 Å². The molecule has 0 saturated carbocycles. The maximum absolute atomic E-state index is 13.6. The number of carbonyl (C=O) groups is 2. The van der Waals surface area contributed by atoms with Crippen molar-refractivity contribution < 1.29 is 27.5 Å². The predicted octanol–water partition coefficient (Wildman–Crippen LogP) is 2.33. The van der Waals surface area contributed by atoms with Gasteiger partial charge in [0.25, 0.3) is 0 Å². The number of hydrogen-bond donors (Lipinski definition) is 1. The maximum Gasteiger partial charge on any atom is 0.244 e. The van der Waals surface area contributed by atoms with Crippen LogP contribution in [-0.2, 0) is 26.2 Å². The van der Waals surface area contributed by atoms with Crippen molar-refractivity contribution in [3.05, 3.63) is 53.6 Å². The van der Waals surface area contributed by atoms with Crippen molar-refractivity contribution in [1.82, 2.24) is 10.2 Å². The lowest BCUT2D eigenvalue weighted by Gasteiger charge is -2.33. The van der Waals surface area contributed by atoms with E-state index in [1.807, 2.05) is 31.2 Å². The minimum absolute atomic E-state index is 0.155. The van der Waals surface area contributed by atoms with Crippen LogP contribution in [-0.4, -0.2) is 65.2 Å². The van der Waals surface area contributed by atoms with E-state index in [2.05, 4.69) is 5.32 Å². The second-order valence-corrected chi connectivity index (χ2v) is 9.76. The summed E-state index contributed by atoms with van der Waals surface area (Å²) in [5.74, 6) is -0.122. The molecule has 0 saturated heterocycles. The van der Waals surface area contributed by atoms with Crippen LogP contribution in [0.3, 0.4) is 0 Å². The van der Waals surface area contributed by atoms with Crippen LogP contribution in [0.2, 0.25) is 0 Å². The lowest BCUT2D eigenvalue weighted by Crippen LogP contribution is -2.51. The summed E-state index contributed by atoms with van der Waals surface area (Å²) in [5.41, 5.74) is 2.09. The number of nitrogens with one attached hydrogen (secondary N) is 1. The number of ether oxygens (including phenoxy) is 2. The van der Waals surface area contributed by atoms with Crippen LogP contribution in [0.15, 0.2) is 42.5 Å². The van der Waals surface area contributed by atoms with E-state index in [-0.39, 0.29) is 23.9 Å². The van der Waals surface area contributed by atoms with E-state index in [1.54, 1.807) is 19.1 Å². The Morgan fingerprint density at radius 1 is 1.06 bits per heavy atom. The molecule has 0 bridgehead atoms. The molecule has 0 aromatic heterocycles. The fraction of sp³-hybridized carbons (Fsp3) is 0.417. The number of sulfonamides is 1. The van der Waals surface area contributed by atoms with Crippen molar-refractivity contribution in [2.45, 2.75) is 32.9 Å². The first-order chi connectivity index (χ1) is 16.0. The summed E-state index contributed by atoms with van der Waals surface area (Å²) in [6.45, 7) is 3.41. The first-order valence-electron chi connectivity index (χ1n) is 10.8. The van der Waals surface area contributed by atoms with E-state index in [0.717, 1.165) is 21.7 Å². The number of methoxy groups -OCH3 is 2. The first kappa shape index (κ1) is 27.0. The molecule has 2 amide bonds. The number of anilines is 1. The average molecular weight is 492 g/mol. The molecule has 0 aliphatic rings. The molecule has 0 aliphatic heterocycles. The third-order valence-corrected chi connectivity index (χ3v) is 6.57. The summed E-state index contributed by atoms with van der Waals surface area (Å²) in [6, 6.07) is 11.5. The molecular formula is C24H33N3O6S. The van der Waals surface area contributed by atoms with Gasteiger partial charge in [-0.1, -0.05) is 36.8 Å². The number of hydrogen-bond acceptors (Lipinski definition) is 6. The van der Waals surface area contributed by atoms with Crippen LogP contribution < -0.4 is 19.1 Å². The number of amides is 2. The predicted molar refractivity (Wildman–Crippen MR) is 132 cm³/mol. The third kappa shape index (κ3) is 6.63. The van der Waals surface area contributed by atoms with Crippen LogP contribution in [0.1, 0.15) is 24.5 Å². The standard InChI is InChI=1S/C24H33N3O6S/c1-7-20(24(29)25-3)26(15-18-10-8-17(2)9-11-18)23(28)16-27(34(6,30)31)21-13-12-19(32-4)14-22(21)33-5/h8-14,20H,7,15-16H2,1-6H3,(H,25,29)/t20-/m1/s1. The van der Waals surface area contributed by atoms with Crippen molar-refractivity contribution in [2.75, 3.05) is 38.4 Å². The number of aryl methyl sites for hydroxylation is 1. The van der Waals surface area contributed by atoms with Crippen LogP contribution in [0.5, 0.6) is 11.5 Å². The Morgan fingerprint density at radius 3 is 2.21 bits per heavy atom. The molecule has 0 spiro atoms. The van der Waals surface area contributed by atoms with E-state index in [9.17, 15) is 18.0 Å². The quantitative estimate of drug-likeness (QED) is 0.517. The summed E-state index contributed by atoms with van der Waals surface area (Å²) < 4.78 is 37.0. The molecule has 9 nitrogen and oxygen atoms in total. The molecule has 2 rings (SSSR count). The molecule has 2 aromatic rings. The van der Waals surface area contributed by atoms with Gasteiger partial charge in [0.2, 0.25) is 21.8 Å². The fourth-order valence-corrected chi connectivity index (χ4v) is 4.42. The van der Waals surface area contributed by atoms with Gasteiger partial charge in [-0.2, -0.15) is 0 Å². The number of likely N-dealkylation sites (N-methyl/N-ethyl adjacent to an activating group) is 1. The first-order valence-corrected chi connectivity index (χ1v) is 12.7. The highest BCUT2D eigenvalue weighted by molar-refractivity contribution is 7.92. The zero-order valence-electron chi connectivity index (χ0n) is 20.5. The van der Waals surface area contributed by atoms with Crippen molar-refractivity contribution in [1.29, 1.82) is 0 Å². The molecule has 186 valence electrons. The largest absolute Gasteiger partial charge is 0.497 e. The molecule has 2 aromatic carbocycles. The Balaban J connectivity index is 2.48. The minimum atomic E-state index is -3.87. The van der Waals surface area contributed by atoms with Crippen molar-refractivity contribution in [3.8, 4) is 11.5 Å². The topological polar surface area (TPSA) is 105 Å². The van der Waals surface area contributed by atoms with Crippen LogP contribution in [0.25, 0.3) is 0 Å². The van der Waals surface area contributed by atoms with Gasteiger partial charge in [-0.25, -0.2) is 8.42 Å². The smallest absolute Gasteiger partial charge is 0.244 e. The van der Waals surface area contributed by atoms with E-state index < -0.39 is 28.5 Å². The molecular weight excluding hydrogens is 458 g/mol. The Hall–Kier alpha value is -3.27. The van der Waals surface area contributed by atoms with Crippen molar-refractivity contribution in [3.63, 3.8) is 0 Å². The van der Waals surface area contributed by atoms with Gasteiger partial charge in [0.15, 0.2) is 0 Å². The van der Waals surface area contributed by atoms with Gasteiger partial charge in [0.05, 0.1) is 26.2 Å². The molecule has 0 aliphatic carbocycles. The normalized spacial score (nSPS) is 11.9. The molecule has 10 heteroatoms. The zero-order valence-corrected chi connectivity index (χ0v) is 21.3. The summed E-state index contributed by atoms with van der Waals surface area (Å²) >= 11 is 0. The Kier molecular flexibility index (Phi) is 9.31. The van der Waals surface area contributed by atoms with Gasteiger partial charge in [-0.05, 0) is 31.0 Å². The van der Waals surface area contributed by atoms with Gasteiger partial charge < -0.3 is 19.7 Å². The molecule has 0 fully saturated rings. The lowest BCUT2D eigenvalue weighted by molar-refractivity contribution is -0.140. The summed E-state index contributed by atoms with van der Waals surface area (Å²) in [4.78, 5) is 27.6. The Bertz CT molecular complexity index is 1100. The van der Waals surface area contributed by atoms with E-state index in [1.165, 1.54) is 32.2 Å². The summed E-state index contributed by atoms with van der Waals surface area (Å²) in [7, 11) is 0.524. The fourth-order valence-electron chi connectivity index (χ4n) is 3.56. The van der Waals surface area contributed by atoms with Crippen LogP contribution >= 0.6 is 0 Å². The summed E-state index contributed by atoms with van der Waals surface area (Å²) in [6.07, 6.45) is 1.38. The average Bonchev–Trinajstić information content (AvgIpc) is 2.82. The Morgan fingerprint density at radius 2 is 1.71 bits per heavy atom. The summed E-state index contributed by atoms with van der Waals surface area (Å²) in [5, 5.41) is 2.59. The highest BCUT2D eigenvalue weighted by Gasteiger charge is 2.32. The van der Waals surface area contributed by atoms with Gasteiger partial charge >= 0.3 is 0 Å². The lowest BCUT2D eigenvalue weighted by atomic mass is 10.1. The zero-order chi connectivity index (χ0) is 25.5. The van der Waals surface area contributed by atoms with Gasteiger partial charge in [0, 0.05) is 19.7 Å². The van der Waals surface area contributed by atoms with Crippen molar-refractivity contribution >= 4 is 27.5 Å². The van der Waals surface area contributed by atoms with Gasteiger partial charge in [-0.15, -0.1) is 0 Å². The van der Waals surface area contributed by atoms with E-state index in [4.69, 9.17) is 9.47 Å². The van der Waals surface area contributed by atoms with Crippen LogP contribution in [0, 0.1) is 6.92 Å². The highest BCUT2D eigenvalue weighted by Crippen LogP contribution is 2.33. The van der Waals surface area contributed by atoms with Gasteiger partial charge in [0.1, 0.15) is 24.1 Å². The number of benzene rings is 2.